The van der Waals surface area contributed by atoms with E-state index >= 15 is 0 Å². The number of thioether (sulfide) groups is 1. The fraction of sp³-hybridized carbons (Fsp3) is 0.366. The second-order valence-corrected chi connectivity index (χ2v) is 15.2. The number of fused-ring (bicyclic) bond motifs is 2. The Morgan fingerprint density at radius 1 is 0.804 bits per heavy atom. The first kappa shape index (κ1) is 39.7. The number of para-hydroxylation sites is 4. The Morgan fingerprint density at radius 3 is 1.96 bits per heavy atom. The molecule has 0 spiro atoms. The summed E-state index contributed by atoms with van der Waals surface area (Å²) in [6.45, 7) is 5.94. The van der Waals surface area contributed by atoms with Gasteiger partial charge < -0.3 is 34.4 Å². The van der Waals surface area contributed by atoms with Crippen LogP contribution in [0, 0.1) is 17.6 Å². The molecule has 2 atom stereocenters. The first-order chi connectivity index (χ1) is 27.0. The molecule has 0 radical (unpaired) electrons. The van der Waals surface area contributed by atoms with Crippen molar-refractivity contribution in [3.05, 3.63) is 119 Å². The van der Waals surface area contributed by atoms with Gasteiger partial charge in [-0.1, -0.05) is 31.2 Å². The molecule has 15 heteroatoms. The van der Waals surface area contributed by atoms with Crippen molar-refractivity contribution in [2.45, 2.75) is 49.3 Å². The summed E-state index contributed by atoms with van der Waals surface area (Å²) in [5, 5.41) is 3.11. The summed E-state index contributed by atoms with van der Waals surface area (Å²) in [6, 6.07) is 23.2. The van der Waals surface area contributed by atoms with E-state index in [-0.39, 0.29) is 23.4 Å². The SMILES string of the molecule is CCSc1ccc(F)c(C(OC2CCN(C)CC2)c2nc3ccccc3[nH]2)c1.Fc1ccc(OC(F)(F)F)cc1C(OCC1CNC1)c1nc2ccccc2[nH]1. The van der Waals surface area contributed by atoms with Crippen molar-refractivity contribution in [2.24, 2.45) is 5.92 Å². The quantitative estimate of drug-likeness (QED) is 0.0835. The summed E-state index contributed by atoms with van der Waals surface area (Å²) in [5.74, 6) is 0.708. The third kappa shape index (κ3) is 9.87. The Balaban J connectivity index is 0.000000172. The number of nitrogens with zero attached hydrogens (tertiary/aromatic N) is 3. The molecular weight excluding hydrogens is 752 g/mol. The molecule has 2 fully saturated rings. The van der Waals surface area contributed by atoms with Gasteiger partial charge in [-0.05, 0) is 86.3 Å². The van der Waals surface area contributed by atoms with Crippen molar-refractivity contribution in [1.29, 1.82) is 0 Å². The molecule has 4 aromatic carbocycles. The fourth-order valence-electron chi connectivity index (χ4n) is 6.71. The van der Waals surface area contributed by atoms with Crippen LogP contribution >= 0.6 is 11.8 Å². The molecule has 8 rings (SSSR count). The number of alkyl halides is 3. The summed E-state index contributed by atoms with van der Waals surface area (Å²) in [6.07, 6.45) is -4.43. The van der Waals surface area contributed by atoms with Crippen LogP contribution in [-0.4, -0.2) is 82.9 Å². The van der Waals surface area contributed by atoms with Crippen molar-refractivity contribution in [2.75, 3.05) is 45.6 Å². The Morgan fingerprint density at radius 2 is 1.39 bits per heavy atom. The minimum absolute atomic E-state index is 0.0758. The zero-order valence-corrected chi connectivity index (χ0v) is 31.7. The van der Waals surface area contributed by atoms with Crippen LogP contribution in [0.5, 0.6) is 5.75 Å². The molecule has 2 aliphatic rings. The summed E-state index contributed by atoms with van der Waals surface area (Å²) < 4.78 is 83.5. The van der Waals surface area contributed by atoms with Gasteiger partial charge in [0.2, 0.25) is 0 Å². The van der Waals surface area contributed by atoms with Gasteiger partial charge in [-0.25, -0.2) is 18.7 Å². The lowest BCUT2D eigenvalue weighted by Gasteiger charge is -2.31. The lowest BCUT2D eigenvalue weighted by Crippen LogP contribution is -2.44. The zero-order valence-electron chi connectivity index (χ0n) is 30.9. The number of aromatic nitrogens is 4. The lowest BCUT2D eigenvalue weighted by molar-refractivity contribution is -0.274. The van der Waals surface area contributed by atoms with E-state index in [1.807, 2.05) is 42.5 Å². The molecule has 0 saturated carbocycles. The van der Waals surface area contributed by atoms with Crippen LogP contribution in [0.3, 0.4) is 0 Å². The molecule has 2 aliphatic heterocycles. The molecule has 0 amide bonds. The van der Waals surface area contributed by atoms with Gasteiger partial charge >= 0.3 is 6.36 Å². The average Bonchev–Trinajstić information content (AvgIpc) is 3.79. The molecule has 0 aliphatic carbocycles. The molecule has 6 aromatic rings. The maximum absolute atomic E-state index is 14.9. The maximum Gasteiger partial charge on any atom is 0.573 e. The monoisotopic (exact) mass is 794 g/mol. The molecule has 56 heavy (non-hydrogen) atoms. The number of H-pyrrole nitrogens is 2. The van der Waals surface area contributed by atoms with Gasteiger partial charge in [-0.3, -0.25) is 0 Å². The van der Waals surface area contributed by atoms with Crippen molar-refractivity contribution in [3.8, 4) is 5.75 Å². The smallest absolute Gasteiger partial charge is 0.406 e. The molecule has 4 heterocycles. The summed E-state index contributed by atoms with van der Waals surface area (Å²) in [4.78, 5) is 18.9. The number of hydrogen-bond acceptors (Lipinski definition) is 8. The highest BCUT2D eigenvalue weighted by atomic mass is 32.2. The van der Waals surface area contributed by atoms with E-state index in [0.29, 0.717) is 29.3 Å². The molecule has 2 aromatic heterocycles. The number of rotatable bonds is 12. The highest BCUT2D eigenvalue weighted by Crippen LogP contribution is 2.35. The predicted octanol–water partition coefficient (Wildman–Crippen LogP) is 8.94. The molecule has 296 valence electrons. The normalized spacial score (nSPS) is 16.7. The minimum atomic E-state index is -4.87. The number of aromatic amines is 2. The van der Waals surface area contributed by atoms with Crippen LogP contribution in [0.25, 0.3) is 22.1 Å². The third-order valence-corrected chi connectivity index (χ3v) is 10.6. The number of nitrogens with one attached hydrogen (secondary N) is 3. The van der Waals surface area contributed by atoms with E-state index in [2.05, 4.69) is 43.9 Å². The van der Waals surface area contributed by atoms with Gasteiger partial charge in [-0.2, -0.15) is 0 Å². The minimum Gasteiger partial charge on any atom is -0.406 e. The molecule has 3 N–H and O–H groups in total. The number of halogens is 5. The second-order valence-electron chi connectivity index (χ2n) is 13.9. The number of piperidine rings is 1. The number of imidazole rings is 2. The van der Waals surface area contributed by atoms with Crippen LogP contribution in [0.2, 0.25) is 0 Å². The van der Waals surface area contributed by atoms with Gasteiger partial charge in [0, 0.05) is 48.1 Å². The summed E-state index contributed by atoms with van der Waals surface area (Å²) in [5.41, 5.74) is 3.66. The van der Waals surface area contributed by atoms with Crippen molar-refractivity contribution in [3.63, 3.8) is 0 Å². The van der Waals surface area contributed by atoms with Crippen LogP contribution in [0.4, 0.5) is 22.0 Å². The van der Waals surface area contributed by atoms with Gasteiger partial charge in [-0.15, -0.1) is 24.9 Å². The molecule has 9 nitrogen and oxygen atoms in total. The fourth-order valence-corrected chi connectivity index (χ4v) is 7.41. The van der Waals surface area contributed by atoms with Crippen molar-refractivity contribution in [1.82, 2.24) is 30.2 Å². The van der Waals surface area contributed by atoms with Crippen LogP contribution in [0.15, 0.2) is 89.8 Å². The van der Waals surface area contributed by atoms with E-state index in [0.717, 1.165) is 84.4 Å². The maximum atomic E-state index is 14.9. The van der Waals surface area contributed by atoms with Crippen molar-refractivity contribution < 1.29 is 36.2 Å². The van der Waals surface area contributed by atoms with E-state index in [1.54, 1.807) is 36.0 Å². The van der Waals surface area contributed by atoms with Crippen LogP contribution < -0.4 is 10.1 Å². The highest BCUT2D eigenvalue weighted by Gasteiger charge is 2.33. The van der Waals surface area contributed by atoms with Gasteiger partial charge in [0.25, 0.3) is 0 Å². The average molecular weight is 795 g/mol. The molecule has 0 bridgehead atoms. The Kier molecular flexibility index (Phi) is 12.6. The first-order valence-electron chi connectivity index (χ1n) is 18.6. The van der Waals surface area contributed by atoms with E-state index < -0.39 is 30.1 Å². The number of benzene rings is 4. The van der Waals surface area contributed by atoms with Gasteiger partial charge in [0.1, 0.15) is 41.2 Å². The standard InChI is InChI=1S/C22H26FN3OS.C19H17F4N3O2/c1-3-28-16-8-9-18(23)17(14-16)21(27-15-10-12-26(2)13-11-15)22-24-19-6-4-5-7-20(19)25-22;20-14-6-5-12(28-19(21,22)23)7-13(14)17(27-10-11-8-24-9-11)18-25-15-3-1-2-4-16(15)26-18/h4-9,14-15,21H,3,10-13H2,1-2H3,(H,24,25);1-7,11,17,24H,8-10H2,(H,25,26). The number of likely N-dealkylation sites (tertiary alicyclic amines) is 1. The lowest BCUT2D eigenvalue weighted by atomic mass is 10.0. The zero-order chi connectivity index (χ0) is 39.2. The largest absolute Gasteiger partial charge is 0.573 e. The number of hydrogen-bond donors (Lipinski definition) is 3. The molecule has 2 unspecified atom stereocenters. The molecule has 2 saturated heterocycles. The van der Waals surface area contributed by atoms with Gasteiger partial charge in [0.15, 0.2) is 0 Å². The Bertz CT molecular complexity index is 2150. The third-order valence-electron chi connectivity index (χ3n) is 9.72. The Labute approximate surface area is 325 Å². The highest BCUT2D eigenvalue weighted by molar-refractivity contribution is 7.99. The van der Waals surface area contributed by atoms with Crippen molar-refractivity contribution >= 4 is 33.8 Å². The van der Waals surface area contributed by atoms with E-state index in [4.69, 9.17) is 14.5 Å². The van der Waals surface area contributed by atoms with Crippen LogP contribution in [-0.2, 0) is 9.47 Å². The Hall–Kier alpha value is -4.54. The number of ether oxygens (including phenoxy) is 3. The predicted molar refractivity (Wildman–Crippen MR) is 206 cm³/mol. The topological polar surface area (TPSA) is 100 Å². The molecular formula is C41H43F5N6O3S. The summed E-state index contributed by atoms with van der Waals surface area (Å²) in [7, 11) is 2.12. The van der Waals surface area contributed by atoms with Crippen LogP contribution in [0.1, 0.15) is 54.7 Å². The van der Waals surface area contributed by atoms with E-state index in [1.165, 1.54) is 0 Å². The second kappa shape index (κ2) is 17.7. The van der Waals surface area contributed by atoms with Gasteiger partial charge in [0.05, 0.1) is 34.8 Å². The van der Waals surface area contributed by atoms with E-state index in [9.17, 15) is 22.0 Å². The first-order valence-corrected chi connectivity index (χ1v) is 19.5. The summed E-state index contributed by atoms with van der Waals surface area (Å²) >= 11 is 1.70.